The Morgan fingerprint density at radius 1 is 0.839 bits per heavy atom. The average Bonchev–Trinajstić information content (AvgIpc) is 2.76. The van der Waals surface area contributed by atoms with E-state index >= 15 is 8.78 Å². The maximum absolute atomic E-state index is 15.0. The molecule has 2 aromatic rings. The number of benzene rings is 2. The number of halogens is 4. The molecule has 0 amide bonds. The molecular formula is C27H30F4. The molecule has 2 aliphatic carbocycles. The van der Waals surface area contributed by atoms with Crippen molar-refractivity contribution in [2.45, 2.75) is 77.0 Å². The van der Waals surface area contributed by atoms with Gasteiger partial charge in [-0.05, 0) is 90.8 Å². The minimum atomic E-state index is -0.891. The molecule has 0 saturated heterocycles. The summed E-state index contributed by atoms with van der Waals surface area (Å²) in [5.41, 5.74) is 1.98. The quantitative estimate of drug-likeness (QED) is 0.318. The molecule has 31 heavy (non-hydrogen) atoms. The van der Waals surface area contributed by atoms with Crippen LogP contribution in [0.3, 0.4) is 0 Å². The van der Waals surface area contributed by atoms with Crippen molar-refractivity contribution in [3.8, 4) is 0 Å². The van der Waals surface area contributed by atoms with Crippen molar-refractivity contribution < 1.29 is 17.6 Å². The zero-order chi connectivity index (χ0) is 22.0. The summed E-state index contributed by atoms with van der Waals surface area (Å²) in [6, 6.07) is 5.50. The van der Waals surface area contributed by atoms with Crippen molar-refractivity contribution >= 4 is 11.6 Å². The van der Waals surface area contributed by atoms with Gasteiger partial charge in [0, 0.05) is 5.56 Å². The first-order valence-corrected chi connectivity index (χ1v) is 11.6. The van der Waals surface area contributed by atoms with E-state index in [1.807, 2.05) is 0 Å². The molecule has 166 valence electrons. The average molecular weight is 431 g/mol. The third kappa shape index (κ3) is 4.73. The summed E-state index contributed by atoms with van der Waals surface area (Å²) in [5, 5.41) is 0. The normalized spacial score (nSPS) is 21.0. The minimum absolute atomic E-state index is 0.0348. The summed E-state index contributed by atoms with van der Waals surface area (Å²) in [4.78, 5) is 0. The van der Waals surface area contributed by atoms with Crippen molar-refractivity contribution in [1.82, 2.24) is 0 Å². The van der Waals surface area contributed by atoms with Gasteiger partial charge >= 0.3 is 0 Å². The Morgan fingerprint density at radius 3 is 2.23 bits per heavy atom. The second-order valence-electron chi connectivity index (χ2n) is 9.17. The molecule has 0 atom stereocenters. The number of fused-ring (bicyclic) bond motifs is 1. The zero-order valence-electron chi connectivity index (χ0n) is 18.1. The second kappa shape index (κ2) is 9.58. The second-order valence-corrected chi connectivity index (χ2v) is 9.17. The van der Waals surface area contributed by atoms with Crippen LogP contribution in [0.1, 0.15) is 92.9 Å². The van der Waals surface area contributed by atoms with Crippen LogP contribution in [0.5, 0.6) is 0 Å². The van der Waals surface area contributed by atoms with Crippen molar-refractivity contribution in [1.29, 1.82) is 0 Å². The highest BCUT2D eigenvalue weighted by molar-refractivity contribution is 5.85. The summed E-state index contributed by atoms with van der Waals surface area (Å²) < 4.78 is 57.5. The Balaban J connectivity index is 1.51. The van der Waals surface area contributed by atoms with Crippen LogP contribution in [0.25, 0.3) is 11.6 Å². The van der Waals surface area contributed by atoms with E-state index in [4.69, 9.17) is 0 Å². The van der Waals surface area contributed by atoms with Gasteiger partial charge < -0.3 is 0 Å². The van der Waals surface area contributed by atoms with Crippen LogP contribution < -0.4 is 0 Å². The van der Waals surface area contributed by atoms with Gasteiger partial charge in [-0.3, -0.25) is 0 Å². The summed E-state index contributed by atoms with van der Waals surface area (Å²) in [6.45, 7) is 2.21. The highest BCUT2D eigenvalue weighted by Crippen LogP contribution is 2.40. The molecule has 1 fully saturated rings. The van der Waals surface area contributed by atoms with Crippen LogP contribution in [0.4, 0.5) is 17.6 Å². The van der Waals surface area contributed by atoms with E-state index in [9.17, 15) is 8.78 Å². The standard InChI is InChI=1S/C27H30F4/c1-2-3-4-5-17-6-8-18(9-7-17)21-15-24(29)26(25(30)16-21)20-10-12-22-19(14-20)11-13-23(28)27(22)31/h11,13-18H,2-10,12H2,1H3. The van der Waals surface area contributed by atoms with Gasteiger partial charge in [0.25, 0.3) is 0 Å². The van der Waals surface area contributed by atoms with Crippen molar-refractivity contribution in [2.24, 2.45) is 5.92 Å². The van der Waals surface area contributed by atoms with Crippen molar-refractivity contribution in [3.63, 3.8) is 0 Å². The molecule has 0 aliphatic heterocycles. The number of allylic oxidation sites excluding steroid dienone is 1. The van der Waals surface area contributed by atoms with Gasteiger partial charge in [0.1, 0.15) is 11.6 Å². The molecule has 0 radical (unpaired) electrons. The number of rotatable bonds is 6. The van der Waals surface area contributed by atoms with E-state index in [1.165, 1.54) is 43.9 Å². The first kappa shape index (κ1) is 22.1. The van der Waals surface area contributed by atoms with Gasteiger partial charge in [0.05, 0.1) is 0 Å². The molecule has 0 heterocycles. The lowest BCUT2D eigenvalue weighted by Crippen LogP contribution is -2.14. The largest absolute Gasteiger partial charge is 0.206 e. The van der Waals surface area contributed by atoms with E-state index in [1.54, 1.807) is 6.08 Å². The topological polar surface area (TPSA) is 0 Å². The van der Waals surface area contributed by atoms with Crippen LogP contribution in [0.15, 0.2) is 24.3 Å². The zero-order valence-corrected chi connectivity index (χ0v) is 18.1. The highest BCUT2D eigenvalue weighted by atomic mass is 19.2. The maximum atomic E-state index is 15.0. The third-order valence-electron chi connectivity index (χ3n) is 7.13. The Kier molecular flexibility index (Phi) is 6.83. The van der Waals surface area contributed by atoms with Gasteiger partial charge in [-0.25, -0.2) is 17.6 Å². The first-order chi connectivity index (χ1) is 15.0. The maximum Gasteiger partial charge on any atom is 0.162 e. The predicted octanol–water partition coefficient (Wildman–Crippen LogP) is 8.58. The van der Waals surface area contributed by atoms with Gasteiger partial charge in [-0.2, -0.15) is 0 Å². The highest BCUT2D eigenvalue weighted by Gasteiger charge is 2.26. The SMILES string of the molecule is CCCCCC1CCC(c2cc(F)c(C3=Cc4ccc(F)c(F)c4CC3)c(F)c2)CC1. The molecular weight excluding hydrogens is 400 g/mol. The third-order valence-corrected chi connectivity index (χ3v) is 7.13. The molecule has 0 bridgehead atoms. The van der Waals surface area contributed by atoms with Gasteiger partial charge in [-0.1, -0.05) is 44.7 Å². The number of hydrogen-bond donors (Lipinski definition) is 0. The van der Waals surface area contributed by atoms with Gasteiger partial charge in [0.15, 0.2) is 11.6 Å². The van der Waals surface area contributed by atoms with Crippen molar-refractivity contribution in [2.75, 3.05) is 0 Å². The fourth-order valence-corrected chi connectivity index (χ4v) is 5.32. The first-order valence-electron chi connectivity index (χ1n) is 11.6. The number of unbranched alkanes of at least 4 members (excludes halogenated alkanes) is 2. The Hall–Kier alpha value is -2.10. The minimum Gasteiger partial charge on any atom is -0.206 e. The van der Waals surface area contributed by atoms with Crippen LogP contribution >= 0.6 is 0 Å². The lowest BCUT2D eigenvalue weighted by Gasteiger charge is -2.29. The summed E-state index contributed by atoms with van der Waals surface area (Å²) >= 11 is 0. The Labute approximate surface area is 182 Å². The van der Waals surface area contributed by atoms with E-state index in [0.29, 0.717) is 11.1 Å². The Morgan fingerprint density at radius 2 is 1.55 bits per heavy atom. The molecule has 2 aliphatic rings. The van der Waals surface area contributed by atoms with Gasteiger partial charge in [0.2, 0.25) is 0 Å². The summed E-state index contributed by atoms with van der Waals surface area (Å²) in [6.07, 6.45) is 11.4. The van der Waals surface area contributed by atoms with E-state index < -0.39 is 23.3 Å². The molecule has 4 rings (SSSR count). The predicted molar refractivity (Wildman–Crippen MR) is 118 cm³/mol. The smallest absolute Gasteiger partial charge is 0.162 e. The molecule has 0 N–H and O–H groups in total. The Bertz CT molecular complexity index is 944. The van der Waals surface area contributed by atoms with E-state index in [-0.39, 0.29) is 29.9 Å². The number of hydrogen-bond acceptors (Lipinski definition) is 0. The molecule has 1 saturated carbocycles. The van der Waals surface area contributed by atoms with E-state index in [2.05, 4.69) is 6.92 Å². The molecule has 0 unspecified atom stereocenters. The molecule has 2 aromatic carbocycles. The molecule has 4 heteroatoms. The van der Waals surface area contributed by atoms with Crippen LogP contribution in [0, 0.1) is 29.2 Å². The lowest BCUT2D eigenvalue weighted by atomic mass is 9.76. The molecule has 0 nitrogen and oxygen atoms in total. The van der Waals surface area contributed by atoms with E-state index in [0.717, 1.165) is 43.2 Å². The lowest BCUT2D eigenvalue weighted by molar-refractivity contribution is 0.302. The summed E-state index contributed by atoms with van der Waals surface area (Å²) in [7, 11) is 0. The fourth-order valence-electron chi connectivity index (χ4n) is 5.32. The fraction of sp³-hybridized carbons (Fsp3) is 0.481. The van der Waals surface area contributed by atoms with Gasteiger partial charge in [-0.15, -0.1) is 0 Å². The van der Waals surface area contributed by atoms with Crippen LogP contribution in [-0.4, -0.2) is 0 Å². The molecule has 0 aromatic heterocycles. The molecule has 0 spiro atoms. The van der Waals surface area contributed by atoms with Crippen molar-refractivity contribution in [3.05, 3.63) is 69.8 Å². The van der Waals surface area contributed by atoms with Crippen LogP contribution in [0.2, 0.25) is 0 Å². The van der Waals surface area contributed by atoms with Crippen LogP contribution in [-0.2, 0) is 6.42 Å². The summed E-state index contributed by atoms with van der Waals surface area (Å²) in [5.74, 6) is -1.92. The monoisotopic (exact) mass is 430 g/mol.